The van der Waals surface area contributed by atoms with E-state index in [1.54, 1.807) is 12.1 Å². The zero-order valence-electron chi connectivity index (χ0n) is 13.0. The van der Waals surface area contributed by atoms with E-state index in [9.17, 15) is 0 Å². The highest BCUT2D eigenvalue weighted by atomic mass is 35.5. The number of hydrogen-bond acceptors (Lipinski definition) is 4. The number of aromatic nitrogens is 2. The third kappa shape index (κ3) is 5.53. The number of rotatable bonds is 8. The molecule has 1 heterocycles. The van der Waals surface area contributed by atoms with Crippen molar-refractivity contribution in [3.05, 3.63) is 41.6 Å². The molecule has 0 N–H and O–H groups in total. The molecule has 4 nitrogen and oxygen atoms in total. The van der Waals surface area contributed by atoms with Crippen LogP contribution in [0, 0.1) is 5.92 Å². The van der Waals surface area contributed by atoms with Crippen LogP contribution in [0.25, 0.3) is 0 Å². The lowest BCUT2D eigenvalue weighted by atomic mass is 10.0. The topological polar surface area (TPSA) is 44.2 Å². The van der Waals surface area contributed by atoms with Crippen LogP contribution in [0.5, 0.6) is 17.4 Å². The van der Waals surface area contributed by atoms with E-state index in [0.29, 0.717) is 16.8 Å². The van der Waals surface area contributed by atoms with Gasteiger partial charge in [-0.15, -0.1) is 10.2 Å². The van der Waals surface area contributed by atoms with Gasteiger partial charge in [0.1, 0.15) is 11.5 Å². The quantitative estimate of drug-likeness (QED) is 0.633. The maximum absolute atomic E-state index is 5.72. The molecule has 5 heteroatoms. The average Bonchev–Trinajstić information content (AvgIpc) is 2.55. The van der Waals surface area contributed by atoms with Crippen LogP contribution in [-0.2, 0) is 0 Å². The van der Waals surface area contributed by atoms with Crippen LogP contribution in [0.3, 0.4) is 0 Å². The summed E-state index contributed by atoms with van der Waals surface area (Å²) in [6.07, 6.45) is 3.50. The molecule has 0 unspecified atom stereocenters. The molecule has 0 saturated carbocycles. The summed E-state index contributed by atoms with van der Waals surface area (Å²) in [5.74, 6) is 2.70. The lowest BCUT2D eigenvalue weighted by Gasteiger charge is -2.10. The average molecular weight is 321 g/mol. The Hall–Kier alpha value is -1.81. The highest BCUT2D eigenvalue weighted by molar-refractivity contribution is 6.29. The smallest absolute Gasteiger partial charge is 0.238 e. The summed E-state index contributed by atoms with van der Waals surface area (Å²) >= 11 is 5.68. The van der Waals surface area contributed by atoms with E-state index in [4.69, 9.17) is 21.1 Å². The number of hydrogen-bond donors (Lipinski definition) is 0. The van der Waals surface area contributed by atoms with Gasteiger partial charge in [-0.05, 0) is 49.1 Å². The molecule has 2 aromatic rings. The molecule has 118 valence electrons. The Morgan fingerprint density at radius 3 is 2.41 bits per heavy atom. The predicted molar refractivity (Wildman–Crippen MR) is 87.7 cm³/mol. The molecule has 0 amide bonds. The van der Waals surface area contributed by atoms with E-state index in [1.165, 1.54) is 12.8 Å². The molecular weight excluding hydrogens is 300 g/mol. The fourth-order valence-corrected chi connectivity index (χ4v) is 2.01. The van der Waals surface area contributed by atoms with Crippen LogP contribution in [0.1, 0.15) is 33.1 Å². The third-order valence-electron chi connectivity index (χ3n) is 3.46. The second-order valence-electron chi connectivity index (χ2n) is 5.27. The fourth-order valence-electron chi connectivity index (χ4n) is 1.91. The second kappa shape index (κ2) is 8.59. The Morgan fingerprint density at radius 1 is 1.05 bits per heavy atom. The summed E-state index contributed by atoms with van der Waals surface area (Å²) < 4.78 is 11.3. The van der Waals surface area contributed by atoms with E-state index in [0.717, 1.165) is 24.7 Å². The van der Waals surface area contributed by atoms with Crippen molar-refractivity contribution in [1.82, 2.24) is 10.2 Å². The van der Waals surface area contributed by atoms with E-state index >= 15 is 0 Å². The largest absolute Gasteiger partial charge is 0.494 e. The van der Waals surface area contributed by atoms with Crippen molar-refractivity contribution >= 4 is 11.6 Å². The monoisotopic (exact) mass is 320 g/mol. The van der Waals surface area contributed by atoms with Crippen molar-refractivity contribution < 1.29 is 9.47 Å². The SMILES string of the molecule is CC[C@H](C)CCCOc1ccc(Oc2ccc(Cl)nn2)cc1. The minimum Gasteiger partial charge on any atom is -0.494 e. The fraction of sp³-hybridized carbons (Fsp3) is 0.412. The van der Waals surface area contributed by atoms with Crippen molar-refractivity contribution in [3.63, 3.8) is 0 Å². The van der Waals surface area contributed by atoms with E-state index < -0.39 is 0 Å². The van der Waals surface area contributed by atoms with Crippen molar-refractivity contribution in [2.45, 2.75) is 33.1 Å². The van der Waals surface area contributed by atoms with Gasteiger partial charge >= 0.3 is 0 Å². The Bertz CT molecular complexity index is 558. The van der Waals surface area contributed by atoms with Gasteiger partial charge in [0.15, 0.2) is 5.15 Å². The van der Waals surface area contributed by atoms with Crippen LogP contribution in [0.15, 0.2) is 36.4 Å². The van der Waals surface area contributed by atoms with Gasteiger partial charge in [0, 0.05) is 6.07 Å². The molecule has 22 heavy (non-hydrogen) atoms. The van der Waals surface area contributed by atoms with Crippen molar-refractivity contribution in [2.24, 2.45) is 5.92 Å². The molecule has 1 aromatic carbocycles. The molecule has 0 aliphatic heterocycles. The first-order valence-electron chi connectivity index (χ1n) is 7.57. The first kappa shape index (κ1) is 16.6. The van der Waals surface area contributed by atoms with Gasteiger partial charge in [0.2, 0.25) is 5.88 Å². The number of benzene rings is 1. The normalized spacial score (nSPS) is 12.0. The molecule has 0 bridgehead atoms. The van der Waals surface area contributed by atoms with Gasteiger partial charge in [0.25, 0.3) is 0 Å². The molecular formula is C17H21ClN2O2. The molecule has 2 rings (SSSR count). The third-order valence-corrected chi connectivity index (χ3v) is 3.66. The Morgan fingerprint density at radius 2 is 1.77 bits per heavy atom. The van der Waals surface area contributed by atoms with Gasteiger partial charge in [-0.1, -0.05) is 31.9 Å². The van der Waals surface area contributed by atoms with Crippen molar-refractivity contribution in [1.29, 1.82) is 0 Å². The van der Waals surface area contributed by atoms with E-state index in [-0.39, 0.29) is 0 Å². The Balaban J connectivity index is 1.79. The highest BCUT2D eigenvalue weighted by Crippen LogP contribution is 2.22. The van der Waals surface area contributed by atoms with E-state index in [1.807, 2.05) is 24.3 Å². The summed E-state index contributed by atoms with van der Waals surface area (Å²) in [6.45, 7) is 5.23. The van der Waals surface area contributed by atoms with Crippen LogP contribution < -0.4 is 9.47 Å². The minimum atomic E-state index is 0.341. The summed E-state index contributed by atoms with van der Waals surface area (Å²) in [7, 11) is 0. The van der Waals surface area contributed by atoms with Gasteiger partial charge < -0.3 is 9.47 Å². The maximum Gasteiger partial charge on any atom is 0.238 e. The van der Waals surface area contributed by atoms with E-state index in [2.05, 4.69) is 24.0 Å². The first-order valence-corrected chi connectivity index (χ1v) is 7.95. The van der Waals surface area contributed by atoms with Crippen LogP contribution in [-0.4, -0.2) is 16.8 Å². The molecule has 1 aromatic heterocycles. The second-order valence-corrected chi connectivity index (χ2v) is 5.66. The summed E-state index contributed by atoms with van der Waals surface area (Å²) in [5.41, 5.74) is 0. The first-order chi connectivity index (χ1) is 10.7. The maximum atomic E-state index is 5.72. The summed E-state index contributed by atoms with van der Waals surface area (Å²) in [5, 5.41) is 7.92. The van der Waals surface area contributed by atoms with Gasteiger partial charge in [-0.3, -0.25) is 0 Å². The minimum absolute atomic E-state index is 0.341. The van der Waals surface area contributed by atoms with Gasteiger partial charge in [-0.2, -0.15) is 0 Å². The lowest BCUT2D eigenvalue weighted by Crippen LogP contribution is -2.00. The van der Waals surface area contributed by atoms with Crippen molar-refractivity contribution in [3.8, 4) is 17.4 Å². The van der Waals surface area contributed by atoms with Gasteiger partial charge in [0.05, 0.1) is 6.61 Å². The van der Waals surface area contributed by atoms with Crippen LogP contribution >= 0.6 is 11.6 Å². The standard InChI is InChI=1S/C17H21ClN2O2/c1-3-13(2)5-4-12-21-14-6-8-15(9-7-14)22-17-11-10-16(18)19-20-17/h6-11,13H,3-5,12H2,1-2H3/t13-/m0/s1. The van der Waals surface area contributed by atoms with Crippen LogP contribution in [0.4, 0.5) is 0 Å². The molecule has 0 aliphatic rings. The molecule has 0 saturated heterocycles. The number of nitrogens with zero attached hydrogens (tertiary/aromatic N) is 2. The molecule has 0 aliphatic carbocycles. The van der Waals surface area contributed by atoms with Crippen molar-refractivity contribution in [2.75, 3.05) is 6.61 Å². The predicted octanol–water partition coefficient (Wildman–Crippen LogP) is 5.13. The Labute approximate surface area is 136 Å². The molecule has 1 atom stereocenters. The molecule has 0 fully saturated rings. The zero-order valence-corrected chi connectivity index (χ0v) is 13.7. The molecule has 0 spiro atoms. The number of ether oxygens (including phenoxy) is 2. The number of halogens is 1. The summed E-state index contributed by atoms with van der Waals surface area (Å²) in [6, 6.07) is 10.8. The zero-order chi connectivity index (χ0) is 15.8. The summed E-state index contributed by atoms with van der Waals surface area (Å²) in [4.78, 5) is 0. The Kier molecular flexibility index (Phi) is 6.46. The van der Waals surface area contributed by atoms with Gasteiger partial charge in [-0.25, -0.2) is 0 Å². The highest BCUT2D eigenvalue weighted by Gasteiger charge is 2.02. The van der Waals surface area contributed by atoms with Crippen LogP contribution in [0.2, 0.25) is 5.15 Å². The lowest BCUT2D eigenvalue weighted by molar-refractivity contribution is 0.293. The molecule has 0 radical (unpaired) electrons.